The lowest BCUT2D eigenvalue weighted by molar-refractivity contribution is 0.292. The summed E-state index contributed by atoms with van der Waals surface area (Å²) in [5.74, 6) is 0.880. The van der Waals surface area contributed by atoms with Crippen molar-refractivity contribution in [2.45, 2.75) is 39.8 Å². The van der Waals surface area contributed by atoms with E-state index in [1.54, 1.807) is 0 Å². The van der Waals surface area contributed by atoms with Gasteiger partial charge in [0, 0.05) is 13.1 Å². The number of halogens is 1. The van der Waals surface area contributed by atoms with E-state index in [2.05, 4.69) is 34.0 Å². The average Bonchev–Trinajstić information content (AvgIpc) is 2.72. The van der Waals surface area contributed by atoms with Crippen molar-refractivity contribution in [2.24, 2.45) is 12.8 Å². The molecule has 0 aliphatic heterocycles. The second-order valence-electron chi connectivity index (χ2n) is 5.29. The zero-order valence-corrected chi connectivity index (χ0v) is 14.6. The Balaban J connectivity index is 2.15. The summed E-state index contributed by atoms with van der Waals surface area (Å²) in [5.41, 5.74) is 10.2. The molecular weight excluding hydrogens is 330 g/mol. The first-order chi connectivity index (χ1) is 9.93. The molecule has 0 bridgehead atoms. The van der Waals surface area contributed by atoms with E-state index in [9.17, 15) is 0 Å². The lowest BCUT2D eigenvalue weighted by atomic mass is 10.1. The molecule has 0 spiro atoms. The number of aryl methyl sites for hydroxylation is 3. The molecule has 2 rings (SSSR count). The zero-order valence-electron chi connectivity index (χ0n) is 13.0. The Morgan fingerprint density at radius 2 is 2.14 bits per heavy atom. The molecule has 0 amide bonds. The second-order valence-corrected chi connectivity index (χ2v) is 6.08. The normalized spacial score (nSPS) is 12.5. The van der Waals surface area contributed by atoms with E-state index >= 15 is 0 Å². The summed E-state index contributed by atoms with van der Waals surface area (Å²) in [5, 5.41) is 4.47. The summed E-state index contributed by atoms with van der Waals surface area (Å²) < 4.78 is 8.85. The standard InChI is InChI=1S/C16H22BrN3O/c1-5-13-16(17)14(20(4)19-13)9-21-15-7-6-12(11(3)18)8-10(15)2/h6-8,11H,5,9,18H2,1-4H3/t11-/m0/s1. The molecule has 0 saturated carbocycles. The largest absolute Gasteiger partial charge is 0.487 e. The Morgan fingerprint density at radius 3 is 2.67 bits per heavy atom. The minimum Gasteiger partial charge on any atom is -0.487 e. The first kappa shape index (κ1) is 16.0. The summed E-state index contributed by atoms with van der Waals surface area (Å²) in [6, 6.07) is 6.12. The summed E-state index contributed by atoms with van der Waals surface area (Å²) in [7, 11) is 1.94. The van der Waals surface area contributed by atoms with Crippen molar-refractivity contribution in [3.8, 4) is 5.75 Å². The van der Waals surface area contributed by atoms with Crippen LogP contribution in [0.15, 0.2) is 22.7 Å². The SMILES string of the molecule is CCc1nn(C)c(COc2ccc([C@H](C)N)cc2C)c1Br. The fourth-order valence-electron chi connectivity index (χ4n) is 2.24. The number of nitrogens with zero attached hydrogens (tertiary/aromatic N) is 2. The van der Waals surface area contributed by atoms with Crippen molar-refractivity contribution < 1.29 is 4.74 Å². The number of hydrogen-bond donors (Lipinski definition) is 1. The molecule has 0 unspecified atom stereocenters. The van der Waals surface area contributed by atoms with Gasteiger partial charge in [0.25, 0.3) is 0 Å². The van der Waals surface area contributed by atoms with Crippen LogP contribution in [0.4, 0.5) is 0 Å². The molecule has 0 aliphatic carbocycles. The van der Waals surface area contributed by atoms with Crippen LogP contribution in [0.1, 0.15) is 42.4 Å². The van der Waals surface area contributed by atoms with Crippen LogP contribution < -0.4 is 10.5 Å². The van der Waals surface area contributed by atoms with E-state index in [-0.39, 0.29) is 6.04 Å². The molecular formula is C16H22BrN3O. The molecule has 0 saturated heterocycles. The molecule has 1 aromatic carbocycles. The van der Waals surface area contributed by atoms with Crippen molar-refractivity contribution in [2.75, 3.05) is 0 Å². The van der Waals surface area contributed by atoms with E-state index < -0.39 is 0 Å². The fourth-order valence-corrected chi connectivity index (χ4v) is 2.97. The maximum atomic E-state index is 5.95. The van der Waals surface area contributed by atoms with Gasteiger partial charge in [-0.1, -0.05) is 19.1 Å². The monoisotopic (exact) mass is 351 g/mol. The highest BCUT2D eigenvalue weighted by atomic mass is 79.9. The molecule has 21 heavy (non-hydrogen) atoms. The van der Waals surface area contributed by atoms with Crippen molar-refractivity contribution in [1.29, 1.82) is 0 Å². The van der Waals surface area contributed by atoms with Gasteiger partial charge in [0.1, 0.15) is 12.4 Å². The van der Waals surface area contributed by atoms with Gasteiger partial charge in [0.15, 0.2) is 0 Å². The maximum absolute atomic E-state index is 5.95. The number of aromatic nitrogens is 2. The Labute approximate surface area is 134 Å². The van der Waals surface area contributed by atoms with Gasteiger partial charge >= 0.3 is 0 Å². The molecule has 1 heterocycles. The third kappa shape index (κ3) is 3.47. The molecule has 114 valence electrons. The molecule has 1 atom stereocenters. The van der Waals surface area contributed by atoms with Crippen LogP contribution in [0.2, 0.25) is 0 Å². The van der Waals surface area contributed by atoms with Crippen LogP contribution in [0.3, 0.4) is 0 Å². The van der Waals surface area contributed by atoms with E-state index in [4.69, 9.17) is 10.5 Å². The highest BCUT2D eigenvalue weighted by Crippen LogP contribution is 2.26. The predicted octanol–water partition coefficient (Wildman–Crippen LogP) is 3.65. The van der Waals surface area contributed by atoms with Gasteiger partial charge in [-0.15, -0.1) is 0 Å². The minimum absolute atomic E-state index is 0.0380. The van der Waals surface area contributed by atoms with Crippen LogP contribution in [-0.4, -0.2) is 9.78 Å². The topological polar surface area (TPSA) is 53.1 Å². The van der Waals surface area contributed by atoms with E-state index in [0.717, 1.165) is 39.2 Å². The van der Waals surface area contributed by atoms with Crippen LogP contribution in [-0.2, 0) is 20.1 Å². The summed E-state index contributed by atoms with van der Waals surface area (Å²) in [6.45, 7) is 6.60. The first-order valence-electron chi connectivity index (χ1n) is 7.13. The minimum atomic E-state index is 0.0380. The quantitative estimate of drug-likeness (QED) is 0.894. The Bertz CT molecular complexity index is 635. The number of ether oxygens (including phenoxy) is 1. The maximum Gasteiger partial charge on any atom is 0.131 e. The lowest BCUT2D eigenvalue weighted by Crippen LogP contribution is -2.07. The number of rotatable bonds is 5. The zero-order chi connectivity index (χ0) is 15.6. The van der Waals surface area contributed by atoms with Gasteiger partial charge in [-0.25, -0.2) is 0 Å². The second kappa shape index (κ2) is 6.62. The Kier molecular flexibility index (Phi) is 5.06. The van der Waals surface area contributed by atoms with Crippen LogP contribution in [0.5, 0.6) is 5.75 Å². The van der Waals surface area contributed by atoms with Gasteiger partial charge in [-0.3, -0.25) is 4.68 Å². The molecule has 1 aromatic heterocycles. The van der Waals surface area contributed by atoms with Crippen molar-refractivity contribution in [3.05, 3.63) is 45.2 Å². The summed E-state index contributed by atoms with van der Waals surface area (Å²) in [6.07, 6.45) is 0.899. The molecule has 0 aliphatic rings. The van der Waals surface area contributed by atoms with Crippen molar-refractivity contribution in [3.63, 3.8) is 0 Å². The van der Waals surface area contributed by atoms with Gasteiger partial charge < -0.3 is 10.5 Å². The van der Waals surface area contributed by atoms with Crippen molar-refractivity contribution >= 4 is 15.9 Å². The van der Waals surface area contributed by atoms with E-state index in [1.807, 2.05) is 37.7 Å². The average molecular weight is 352 g/mol. The predicted molar refractivity (Wildman–Crippen MR) is 88.4 cm³/mol. The lowest BCUT2D eigenvalue weighted by Gasteiger charge is -2.12. The first-order valence-corrected chi connectivity index (χ1v) is 7.92. The van der Waals surface area contributed by atoms with Crippen LogP contribution in [0.25, 0.3) is 0 Å². The third-order valence-electron chi connectivity index (χ3n) is 3.59. The molecule has 5 heteroatoms. The smallest absolute Gasteiger partial charge is 0.131 e. The molecule has 4 nitrogen and oxygen atoms in total. The number of nitrogens with two attached hydrogens (primary N) is 1. The Morgan fingerprint density at radius 1 is 1.43 bits per heavy atom. The van der Waals surface area contributed by atoms with Crippen molar-refractivity contribution in [1.82, 2.24) is 9.78 Å². The summed E-state index contributed by atoms with van der Waals surface area (Å²) >= 11 is 3.61. The van der Waals surface area contributed by atoms with E-state index in [1.165, 1.54) is 0 Å². The molecule has 0 fully saturated rings. The van der Waals surface area contributed by atoms with Gasteiger partial charge in [-0.2, -0.15) is 5.10 Å². The van der Waals surface area contributed by atoms with E-state index in [0.29, 0.717) is 6.61 Å². The van der Waals surface area contributed by atoms with Gasteiger partial charge in [0.2, 0.25) is 0 Å². The highest BCUT2D eigenvalue weighted by Gasteiger charge is 2.13. The number of benzene rings is 1. The number of hydrogen-bond acceptors (Lipinski definition) is 3. The van der Waals surface area contributed by atoms with Crippen LogP contribution >= 0.6 is 15.9 Å². The van der Waals surface area contributed by atoms with Gasteiger partial charge in [0.05, 0.1) is 15.9 Å². The molecule has 2 N–H and O–H groups in total. The van der Waals surface area contributed by atoms with Gasteiger partial charge in [-0.05, 0) is 53.4 Å². The fraction of sp³-hybridized carbons (Fsp3) is 0.438. The third-order valence-corrected chi connectivity index (χ3v) is 4.51. The van der Waals surface area contributed by atoms with Crippen LogP contribution in [0, 0.1) is 6.92 Å². The molecule has 0 radical (unpaired) electrons. The molecule has 2 aromatic rings. The Hall–Kier alpha value is -1.33. The highest BCUT2D eigenvalue weighted by molar-refractivity contribution is 9.10. The summed E-state index contributed by atoms with van der Waals surface area (Å²) in [4.78, 5) is 0.